The molecule has 0 saturated carbocycles. The number of rotatable bonds is 5. The Balaban J connectivity index is 1.32. The second kappa shape index (κ2) is 11.5. The van der Waals surface area contributed by atoms with Gasteiger partial charge >= 0.3 is 0 Å². The number of ether oxygens (including phenoxy) is 1. The molecule has 0 spiro atoms. The van der Waals surface area contributed by atoms with Gasteiger partial charge in [-0.3, -0.25) is 14.2 Å². The molecule has 1 fully saturated rings. The third-order valence-corrected chi connectivity index (χ3v) is 9.41. The van der Waals surface area contributed by atoms with Crippen LogP contribution in [0.2, 0.25) is 5.02 Å². The monoisotopic (exact) mass is 609 g/mol. The summed E-state index contributed by atoms with van der Waals surface area (Å²) in [6.07, 6.45) is 1.66. The number of pyridine rings is 1. The lowest BCUT2D eigenvalue weighted by Gasteiger charge is -2.27. The Bertz CT molecular complexity index is 1920. The summed E-state index contributed by atoms with van der Waals surface area (Å²) in [6.45, 7) is 3.92. The summed E-state index contributed by atoms with van der Waals surface area (Å²) in [5, 5.41) is 8.18. The molecule has 3 aromatic carbocycles. The average Bonchev–Trinajstić information content (AvgIpc) is 3.03. The predicted molar refractivity (Wildman–Crippen MR) is 172 cm³/mol. The second-order valence-corrected chi connectivity index (χ2v) is 12.4. The predicted octanol–water partition coefficient (Wildman–Crippen LogP) is 6.36. The van der Waals surface area contributed by atoms with Crippen LogP contribution in [0.1, 0.15) is 32.8 Å². The minimum Gasteiger partial charge on any atom is -0.490 e. The lowest BCUT2D eigenvalue weighted by molar-refractivity contribution is 0.0841. The molecule has 0 radical (unpaired) electrons. The number of ketones is 1. The molecular formula is C33H28ClN5O3S. The maximum atomic E-state index is 14.2. The summed E-state index contributed by atoms with van der Waals surface area (Å²) in [4.78, 5) is 37.3. The van der Waals surface area contributed by atoms with Crippen molar-refractivity contribution in [3.05, 3.63) is 111 Å². The number of carbonyl (C=O) groups is 1. The van der Waals surface area contributed by atoms with Crippen molar-refractivity contribution in [3.8, 4) is 16.9 Å². The molecule has 4 heterocycles. The van der Waals surface area contributed by atoms with Gasteiger partial charge in [-0.05, 0) is 54.4 Å². The van der Waals surface area contributed by atoms with E-state index in [9.17, 15) is 9.59 Å². The molecule has 2 atom stereocenters. The van der Waals surface area contributed by atoms with Gasteiger partial charge in [0.25, 0.3) is 5.56 Å². The van der Waals surface area contributed by atoms with E-state index in [1.54, 1.807) is 30.5 Å². The lowest BCUT2D eigenvalue weighted by Crippen LogP contribution is -2.37. The van der Waals surface area contributed by atoms with Crippen molar-refractivity contribution < 1.29 is 9.53 Å². The number of carbonyl (C=O) groups excluding carboxylic acids is 1. The Hall–Kier alpha value is -4.18. The van der Waals surface area contributed by atoms with Crippen molar-refractivity contribution in [3.63, 3.8) is 0 Å². The van der Waals surface area contributed by atoms with Crippen molar-refractivity contribution >= 4 is 51.8 Å². The molecule has 10 heteroatoms. The van der Waals surface area contributed by atoms with Gasteiger partial charge in [-0.2, -0.15) is 16.7 Å². The number of anilines is 2. The lowest BCUT2D eigenvalue weighted by atomic mass is 9.99. The summed E-state index contributed by atoms with van der Waals surface area (Å²) >= 11 is 8.57. The number of fused-ring (bicyclic) bond motifs is 2. The van der Waals surface area contributed by atoms with Crippen molar-refractivity contribution in [1.29, 1.82) is 0 Å². The van der Waals surface area contributed by atoms with Crippen molar-refractivity contribution in [2.24, 2.45) is 0 Å². The van der Waals surface area contributed by atoms with Gasteiger partial charge in [0.15, 0.2) is 5.78 Å². The van der Waals surface area contributed by atoms with Gasteiger partial charge in [-0.1, -0.05) is 48.0 Å². The van der Waals surface area contributed by atoms with E-state index in [-0.39, 0.29) is 17.9 Å². The molecule has 43 heavy (non-hydrogen) atoms. The molecule has 0 bridgehead atoms. The first-order valence-corrected chi connectivity index (χ1v) is 15.5. The van der Waals surface area contributed by atoms with Crippen LogP contribution in [0, 0.1) is 6.92 Å². The molecular weight excluding hydrogens is 582 g/mol. The zero-order valence-corrected chi connectivity index (χ0v) is 24.9. The number of nitrogens with one attached hydrogen (secondary N) is 2. The van der Waals surface area contributed by atoms with Crippen LogP contribution in [0.25, 0.3) is 22.2 Å². The summed E-state index contributed by atoms with van der Waals surface area (Å²) < 4.78 is 7.40. The molecule has 7 rings (SSSR count). The Kier molecular flexibility index (Phi) is 7.38. The highest BCUT2D eigenvalue weighted by Gasteiger charge is 2.33. The maximum absolute atomic E-state index is 14.2. The number of hydrogen-bond donors (Lipinski definition) is 2. The summed E-state index contributed by atoms with van der Waals surface area (Å²) in [5.74, 6) is 1.69. The molecule has 1 saturated heterocycles. The van der Waals surface area contributed by atoms with E-state index in [0.717, 1.165) is 30.1 Å². The van der Waals surface area contributed by atoms with E-state index < -0.39 is 6.04 Å². The first kappa shape index (κ1) is 27.6. The molecule has 0 amide bonds. The Morgan fingerprint density at radius 1 is 1.02 bits per heavy atom. The molecule has 2 aliphatic rings. The highest BCUT2D eigenvalue weighted by Crippen LogP contribution is 2.34. The van der Waals surface area contributed by atoms with Gasteiger partial charge in [0.05, 0.1) is 5.56 Å². The maximum Gasteiger partial charge on any atom is 0.260 e. The fourth-order valence-electron chi connectivity index (χ4n) is 5.60. The van der Waals surface area contributed by atoms with Crippen molar-refractivity contribution in [2.45, 2.75) is 18.2 Å². The zero-order chi connectivity index (χ0) is 29.5. The fourth-order valence-corrected chi connectivity index (χ4v) is 7.07. The van der Waals surface area contributed by atoms with Gasteiger partial charge in [-0.25, -0.2) is 4.98 Å². The molecule has 8 nitrogen and oxygen atoms in total. The molecule has 2 unspecified atom stereocenters. The number of halogens is 1. The van der Waals surface area contributed by atoms with E-state index in [4.69, 9.17) is 21.3 Å². The van der Waals surface area contributed by atoms with Crippen LogP contribution in [0.15, 0.2) is 83.8 Å². The molecule has 2 aliphatic heterocycles. The van der Waals surface area contributed by atoms with Crippen LogP contribution in [-0.2, 0) is 0 Å². The SMILES string of the molecule is Cc1ccc(-c2cc3cnc(Nc4ccc(C5CNCCS5)cc4)nc3n(C3COc4ccccc4C3=O)c2=O)c(Cl)c1. The highest BCUT2D eigenvalue weighted by atomic mass is 35.5. The van der Waals surface area contributed by atoms with Crippen LogP contribution < -0.4 is 20.9 Å². The topological polar surface area (TPSA) is 98.1 Å². The van der Waals surface area contributed by atoms with Gasteiger partial charge in [-0.15, -0.1) is 0 Å². The van der Waals surface area contributed by atoms with Crippen LogP contribution in [0.5, 0.6) is 5.75 Å². The number of para-hydroxylation sites is 1. The van der Waals surface area contributed by atoms with E-state index in [1.165, 1.54) is 10.1 Å². The van der Waals surface area contributed by atoms with Gasteiger partial charge in [0, 0.05) is 57.5 Å². The molecule has 2 aromatic heterocycles. The van der Waals surface area contributed by atoms with Crippen LogP contribution in [0.3, 0.4) is 0 Å². The van der Waals surface area contributed by atoms with E-state index >= 15 is 0 Å². The smallest absolute Gasteiger partial charge is 0.260 e. The first-order chi connectivity index (χ1) is 21.0. The van der Waals surface area contributed by atoms with Crippen molar-refractivity contribution in [2.75, 3.05) is 30.8 Å². The van der Waals surface area contributed by atoms with Crippen LogP contribution in [0.4, 0.5) is 11.6 Å². The number of hydrogen-bond acceptors (Lipinski definition) is 8. The molecule has 0 aliphatic carbocycles. The molecule has 5 aromatic rings. The zero-order valence-electron chi connectivity index (χ0n) is 23.3. The Labute approximate surface area is 257 Å². The summed E-state index contributed by atoms with van der Waals surface area (Å²) in [5.41, 5.74) is 4.36. The van der Waals surface area contributed by atoms with E-state index in [0.29, 0.717) is 49.7 Å². The van der Waals surface area contributed by atoms with Gasteiger partial charge < -0.3 is 15.4 Å². The first-order valence-electron chi connectivity index (χ1n) is 14.1. The summed E-state index contributed by atoms with van der Waals surface area (Å²) in [7, 11) is 0. The number of aryl methyl sites for hydroxylation is 1. The average molecular weight is 610 g/mol. The number of thioether (sulfide) groups is 1. The van der Waals surface area contributed by atoms with Crippen LogP contribution in [-0.4, -0.2) is 45.8 Å². The molecule has 2 N–H and O–H groups in total. The molecule has 216 valence electrons. The Morgan fingerprint density at radius 3 is 2.65 bits per heavy atom. The third-order valence-electron chi connectivity index (χ3n) is 7.82. The summed E-state index contributed by atoms with van der Waals surface area (Å²) in [6, 6.07) is 21.6. The Morgan fingerprint density at radius 2 is 1.86 bits per heavy atom. The van der Waals surface area contributed by atoms with Crippen molar-refractivity contribution in [1.82, 2.24) is 19.9 Å². The van der Waals surface area contributed by atoms with Crippen LogP contribution >= 0.6 is 23.4 Å². The minimum absolute atomic E-state index is 0.00179. The fraction of sp³-hybridized carbons (Fsp3) is 0.212. The normalized spacial score (nSPS) is 18.2. The number of benzene rings is 3. The third kappa shape index (κ3) is 5.29. The highest BCUT2D eigenvalue weighted by molar-refractivity contribution is 7.99. The second-order valence-electron chi connectivity index (χ2n) is 10.7. The van der Waals surface area contributed by atoms with Gasteiger partial charge in [0.1, 0.15) is 24.0 Å². The minimum atomic E-state index is -0.919. The number of Topliss-reactive ketones (excluding diaryl/α,β-unsaturated/α-hetero) is 1. The standard InChI is InChI=1S/C33H28ClN5O3S/c1-19-6-11-23(26(34)14-19)25-15-21-16-36-33(37-22-9-7-20(8-10-22)29-17-35-12-13-43-29)38-31(21)39(32(25)41)27-18-42-28-5-3-2-4-24(28)30(27)40/h2-11,14-16,27,29,35H,12-13,17-18H2,1H3,(H,36,37,38). The largest absolute Gasteiger partial charge is 0.490 e. The van der Waals surface area contributed by atoms with E-state index in [1.807, 2.05) is 55.1 Å². The van der Waals surface area contributed by atoms with Gasteiger partial charge in [0.2, 0.25) is 5.95 Å². The number of aromatic nitrogens is 3. The quantitative estimate of drug-likeness (QED) is 0.238. The van der Waals surface area contributed by atoms with E-state index in [2.05, 4.69) is 27.8 Å². The number of nitrogens with zero attached hydrogens (tertiary/aromatic N) is 3.